The zero-order valence-corrected chi connectivity index (χ0v) is 61.0. The van der Waals surface area contributed by atoms with Gasteiger partial charge < -0.3 is 38.9 Å². The van der Waals surface area contributed by atoms with Gasteiger partial charge in [-0.15, -0.1) is 0 Å². The molecule has 0 saturated carbocycles. The fourth-order valence-electron chi connectivity index (χ4n) is 17.8. The number of aryl methyl sites for hydroxylation is 1. The van der Waals surface area contributed by atoms with Crippen LogP contribution in [0.25, 0.3) is 22.3 Å². The van der Waals surface area contributed by atoms with Crippen molar-refractivity contribution in [3.63, 3.8) is 0 Å². The Morgan fingerprint density at radius 3 is 1.40 bits per heavy atom. The van der Waals surface area contributed by atoms with E-state index in [1.54, 1.807) is 14.7 Å². The molecule has 0 aromatic heterocycles. The average molecular weight is 1480 g/mol. The van der Waals surface area contributed by atoms with Crippen molar-refractivity contribution in [3.05, 3.63) is 296 Å². The van der Waals surface area contributed by atoms with Gasteiger partial charge in [0.05, 0.1) is 41.4 Å². The number of urea groups is 1. The molecule has 0 N–H and O–H groups in total. The maximum absolute atomic E-state index is 14.7. The monoisotopic (exact) mass is 1480 g/mol. The minimum Gasteiger partial charge on any atom is -0.493 e. The van der Waals surface area contributed by atoms with Gasteiger partial charge >= 0.3 is 6.03 Å². The van der Waals surface area contributed by atoms with E-state index < -0.39 is 68.7 Å². The quantitative estimate of drug-likeness (QED) is 0.151. The molecular weight excluding hydrogens is 1400 g/mol. The number of nitriles is 1. The molecular formula is C88H81F8N7O6. The summed E-state index contributed by atoms with van der Waals surface area (Å²) in [6.45, 7) is 8.02. The van der Waals surface area contributed by atoms with E-state index in [4.69, 9.17) is 9.47 Å². The first kappa shape index (κ1) is 74.7. The van der Waals surface area contributed by atoms with Crippen LogP contribution >= 0.6 is 0 Å². The van der Waals surface area contributed by atoms with Crippen LogP contribution in [0.15, 0.2) is 194 Å². The first-order valence-electron chi connectivity index (χ1n) is 36.6. The third-order valence-corrected chi connectivity index (χ3v) is 23.1. The predicted molar refractivity (Wildman–Crippen MR) is 398 cm³/mol. The smallest absolute Gasteiger partial charge is 0.321 e. The number of para-hydroxylation sites is 2. The van der Waals surface area contributed by atoms with Gasteiger partial charge in [-0.2, -0.15) is 5.26 Å². The average Bonchev–Trinajstić information content (AvgIpc) is 1.60. The molecule has 2 aliphatic carbocycles. The number of nitrogens with zero attached hydrogens (tertiary/aromatic N) is 7. The number of benzene rings is 8. The maximum Gasteiger partial charge on any atom is 0.321 e. The van der Waals surface area contributed by atoms with Crippen molar-refractivity contribution in [3.8, 4) is 17.6 Å². The summed E-state index contributed by atoms with van der Waals surface area (Å²) in [5, 5.41) is 9.36. The van der Waals surface area contributed by atoms with Gasteiger partial charge in [0.25, 0.3) is 0 Å². The maximum atomic E-state index is 14.7. The minimum atomic E-state index is -0.940. The Morgan fingerprint density at radius 1 is 0.486 bits per heavy atom. The second kappa shape index (κ2) is 30.2. The Hall–Kier alpha value is -11.1. The molecule has 5 atom stereocenters. The molecule has 109 heavy (non-hydrogen) atoms. The number of hydrogen-bond acceptors (Lipinski definition) is 8. The molecule has 5 unspecified atom stereocenters. The molecule has 1 saturated heterocycles. The summed E-state index contributed by atoms with van der Waals surface area (Å²) in [7, 11) is 3.95. The predicted octanol–water partition coefficient (Wildman–Crippen LogP) is 16.6. The van der Waals surface area contributed by atoms with Crippen molar-refractivity contribution in [2.45, 2.75) is 100 Å². The zero-order chi connectivity index (χ0) is 76.8. The molecule has 0 bridgehead atoms. The number of fused-ring (bicyclic) bond motifs is 8. The van der Waals surface area contributed by atoms with Gasteiger partial charge in [0, 0.05) is 119 Å². The highest BCUT2D eigenvalue weighted by Gasteiger charge is 2.55. The van der Waals surface area contributed by atoms with Crippen LogP contribution in [0.5, 0.6) is 11.5 Å². The topological polar surface area (TPSA) is 130 Å². The largest absolute Gasteiger partial charge is 0.493 e. The van der Waals surface area contributed by atoms with Gasteiger partial charge in [-0.1, -0.05) is 84.9 Å². The van der Waals surface area contributed by atoms with Gasteiger partial charge in [-0.3, -0.25) is 14.4 Å². The standard InChI is InChI=1S/C26H29F2N3O2.C22H18F2N2O2.C21H19F2NO.C19H15F2NO/c1-29-12-9-20(10-13-29)30(2)25(32)31-17-18(21-15-19(27)7-8-23(21)28)16-26(31)11-14-33-24-6-4-3-5-22(24)26;1-14(27)26-12-15(18-10-17(23)6-7-20(18)24)11-22(26)16(8-9-25)13-28-21-5-3-2-4-19(21)22;1-14(25)24-13-16(18-11-17(22)8-9-20(18)23)12-21(24)10-4-6-15-5-2-3-7-19(15)21;1-12(23)22-11-14(16-8-15(20)6-7-18(16)21)10-19(22)9-13-4-2-3-5-17(13)19/h3-8,15-16,20H,9-14,17H2,1-2H3;2-7,10-11,16H,8,12-13H2,1H3;2-3,5,7-9,11-12H,4,6,10,13H2,1H3;2-8,10H,9,11H2,1H3. The molecule has 13 nitrogen and oxygen atoms in total. The lowest BCUT2D eigenvalue weighted by Crippen LogP contribution is -2.55. The van der Waals surface area contributed by atoms with Crippen molar-refractivity contribution < 1.29 is 63.8 Å². The first-order chi connectivity index (χ1) is 52.4. The van der Waals surface area contributed by atoms with E-state index in [9.17, 15) is 59.6 Å². The van der Waals surface area contributed by atoms with E-state index >= 15 is 0 Å². The number of ether oxygens (including phenoxy) is 2. The van der Waals surface area contributed by atoms with Crippen molar-refractivity contribution in [2.24, 2.45) is 5.92 Å². The van der Waals surface area contributed by atoms with Crippen molar-refractivity contribution in [1.29, 1.82) is 5.26 Å². The number of hydrogen-bond donors (Lipinski definition) is 0. The van der Waals surface area contributed by atoms with Crippen LogP contribution in [-0.4, -0.2) is 126 Å². The zero-order valence-electron chi connectivity index (χ0n) is 61.0. The number of rotatable bonds is 6. The third-order valence-electron chi connectivity index (χ3n) is 23.1. The Labute approximate surface area is 628 Å². The molecule has 7 heterocycles. The molecule has 21 heteroatoms. The normalized spacial score (nSPS) is 22.6. The Kier molecular flexibility index (Phi) is 20.7. The van der Waals surface area contributed by atoms with E-state index in [0.29, 0.717) is 60.6 Å². The highest BCUT2D eigenvalue weighted by Crippen LogP contribution is 2.55. The highest BCUT2D eigenvalue weighted by molar-refractivity contribution is 5.88. The van der Waals surface area contributed by atoms with Crippen LogP contribution in [0.4, 0.5) is 39.9 Å². The number of amides is 5. The lowest BCUT2D eigenvalue weighted by atomic mass is 9.70. The van der Waals surface area contributed by atoms with E-state index in [1.165, 1.54) is 50.1 Å². The van der Waals surface area contributed by atoms with Crippen LogP contribution in [0.1, 0.15) is 115 Å². The van der Waals surface area contributed by atoms with Gasteiger partial charge in [0.2, 0.25) is 17.7 Å². The lowest BCUT2D eigenvalue weighted by Gasteiger charge is -2.46. The number of carbonyl (C=O) groups is 4. The van der Waals surface area contributed by atoms with Gasteiger partial charge in [0.1, 0.15) is 58.0 Å². The van der Waals surface area contributed by atoms with E-state index in [1.807, 2.05) is 132 Å². The minimum absolute atomic E-state index is 0.0558. The lowest BCUT2D eigenvalue weighted by molar-refractivity contribution is -0.135. The second-order valence-corrected chi connectivity index (χ2v) is 29.4. The SMILES string of the molecule is CC(=O)N1CC(c2cc(F)ccc2F)=CC12CCCc1ccccc12.CC(=O)N1CC(c2cc(F)ccc2F)=CC12Cc1ccccc12.CC(=O)N1CC(c2cc(F)ccc2F)=CC12c1ccccc1OCC2CC#N.CN1CCC(N(C)C(=O)N2CC(c3cc(F)ccc3F)=CC23CCOc2ccccc23)CC1. The van der Waals surface area contributed by atoms with E-state index in [0.717, 1.165) is 128 Å². The molecule has 8 aromatic carbocycles. The van der Waals surface area contributed by atoms with E-state index in [-0.39, 0.29) is 84.1 Å². The number of likely N-dealkylation sites (tertiary alicyclic amines) is 1. The molecule has 0 radical (unpaired) electrons. The molecule has 7 aliphatic heterocycles. The number of piperidine rings is 1. The first-order valence-corrected chi connectivity index (χ1v) is 36.6. The molecule has 17 rings (SSSR count). The summed E-state index contributed by atoms with van der Waals surface area (Å²) in [5.41, 5.74) is 6.71. The van der Waals surface area contributed by atoms with Gasteiger partial charge in [0.15, 0.2) is 0 Å². The summed E-state index contributed by atoms with van der Waals surface area (Å²) in [6, 6.07) is 47.0. The highest BCUT2D eigenvalue weighted by atomic mass is 19.2. The molecule has 4 spiro atoms. The molecule has 560 valence electrons. The molecule has 1 fully saturated rings. The summed E-state index contributed by atoms with van der Waals surface area (Å²) in [4.78, 5) is 62.2. The van der Waals surface area contributed by atoms with Gasteiger partial charge in [-0.25, -0.2) is 39.9 Å². The Morgan fingerprint density at radius 2 is 0.899 bits per heavy atom. The fourth-order valence-corrected chi connectivity index (χ4v) is 17.8. The number of halogens is 8. The van der Waals surface area contributed by atoms with E-state index in [2.05, 4.69) is 24.1 Å². The van der Waals surface area contributed by atoms with Crippen LogP contribution in [-0.2, 0) is 49.4 Å². The van der Waals surface area contributed by atoms with Gasteiger partial charge in [-0.05, 0) is 206 Å². The summed E-state index contributed by atoms with van der Waals surface area (Å²) in [6.07, 6.45) is 13.6. The van der Waals surface area contributed by atoms with Crippen molar-refractivity contribution in [2.75, 3.05) is 66.6 Å². The van der Waals surface area contributed by atoms with Crippen molar-refractivity contribution in [1.82, 2.24) is 29.4 Å². The third kappa shape index (κ3) is 13.7. The molecule has 8 aromatic rings. The molecule has 5 amide bonds. The summed E-state index contributed by atoms with van der Waals surface area (Å²) >= 11 is 0. The van der Waals surface area contributed by atoms with Crippen LogP contribution in [0.2, 0.25) is 0 Å². The summed E-state index contributed by atoms with van der Waals surface area (Å²) in [5.74, 6) is -3.28. The Bertz CT molecular complexity index is 5130. The summed E-state index contributed by atoms with van der Waals surface area (Å²) < 4.78 is 124. The van der Waals surface area contributed by atoms with Crippen LogP contribution in [0.3, 0.4) is 0 Å². The second-order valence-electron chi connectivity index (χ2n) is 29.4. The Balaban J connectivity index is 0.000000122. The van der Waals surface area contributed by atoms with Crippen LogP contribution in [0, 0.1) is 63.8 Å². The molecule has 9 aliphatic rings. The fraction of sp³-hybridized carbons (Fsp3) is 0.307. The number of carbonyl (C=O) groups excluding carboxylic acids is 4. The van der Waals surface area contributed by atoms with Crippen molar-refractivity contribution >= 4 is 46.0 Å². The van der Waals surface area contributed by atoms with Crippen LogP contribution < -0.4 is 9.47 Å².